The smallest absolute Gasteiger partial charge is 0.242 e. The highest BCUT2D eigenvalue weighted by molar-refractivity contribution is 5.43. The molecule has 0 unspecified atom stereocenters. The molecule has 0 aliphatic heterocycles. The van der Waals surface area contributed by atoms with E-state index < -0.39 is 0 Å². The molecule has 2 N–H and O–H groups in total. The van der Waals surface area contributed by atoms with Gasteiger partial charge in [-0.05, 0) is 24.7 Å². The largest absolute Gasteiger partial charge is 0.396 e. The first kappa shape index (κ1) is 12.8. The molecule has 5 heteroatoms. The SMILES string of the molecule is CC1(C)[C@@H]2CC[C@@]1(C)c1nc(NCCCO)nnc12. The van der Waals surface area contributed by atoms with Crippen LogP contribution in [0.5, 0.6) is 0 Å². The van der Waals surface area contributed by atoms with Crippen molar-refractivity contribution in [3.05, 3.63) is 11.4 Å². The van der Waals surface area contributed by atoms with Crippen LogP contribution in [-0.4, -0.2) is 33.4 Å². The Labute approximate surface area is 113 Å². The lowest BCUT2D eigenvalue weighted by atomic mass is 9.70. The molecule has 1 aromatic heterocycles. The Bertz CT molecular complexity index is 502. The van der Waals surface area contributed by atoms with E-state index in [0.29, 0.717) is 24.8 Å². The number of nitrogens with zero attached hydrogens (tertiary/aromatic N) is 3. The molecule has 104 valence electrons. The average molecular weight is 262 g/mol. The van der Waals surface area contributed by atoms with Crippen LogP contribution in [0.3, 0.4) is 0 Å². The summed E-state index contributed by atoms with van der Waals surface area (Å²) in [6, 6.07) is 0. The minimum atomic E-state index is 0.121. The summed E-state index contributed by atoms with van der Waals surface area (Å²) in [5.41, 5.74) is 2.58. The molecule has 0 saturated heterocycles. The quantitative estimate of drug-likeness (QED) is 0.810. The van der Waals surface area contributed by atoms with Gasteiger partial charge < -0.3 is 10.4 Å². The summed E-state index contributed by atoms with van der Waals surface area (Å²) in [4.78, 5) is 4.71. The molecule has 1 fully saturated rings. The van der Waals surface area contributed by atoms with Crippen LogP contribution in [-0.2, 0) is 5.41 Å². The monoisotopic (exact) mass is 262 g/mol. The zero-order valence-corrected chi connectivity index (χ0v) is 11.9. The predicted octanol–water partition coefficient (Wildman–Crippen LogP) is 1.84. The molecule has 0 aromatic carbocycles. The van der Waals surface area contributed by atoms with Crippen LogP contribution >= 0.6 is 0 Å². The summed E-state index contributed by atoms with van der Waals surface area (Å²) < 4.78 is 0. The van der Waals surface area contributed by atoms with Crippen LogP contribution in [0.15, 0.2) is 0 Å². The fourth-order valence-electron chi connectivity index (χ4n) is 3.73. The van der Waals surface area contributed by atoms with Crippen LogP contribution in [0.2, 0.25) is 0 Å². The van der Waals surface area contributed by atoms with Crippen molar-refractivity contribution in [1.82, 2.24) is 15.2 Å². The number of aliphatic hydroxyl groups is 1. The number of hydrogen-bond acceptors (Lipinski definition) is 5. The summed E-state index contributed by atoms with van der Waals surface area (Å²) in [5, 5.41) is 20.5. The molecule has 0 spiro atoms. The number of aliphatic hydroxyl groups excluding tert-OH is 1. The molecule has 2 aliphatic rings. The van der Waals surface area contributed by atoms with Gasteiger partial charge in [-0.15, -0.1) is 10.2 Å². The van der Waals surface area contributed by atoms with E-state index in [1.165, 1.54) is 12.8 Å². The van der Waals surface area contributed by atoms with E-state index >= 15 is 0 Å². The van der Waals surface area contributed by atoms with Crippen molar-refractivity contribution in [2.45, 2.75) is 51.4 Å². The third-order valence-corrected chi connectivity index (χ3v) is 5.41. The zero-order valence-electron chi connectivity index (χ0n) is 11.9. The molecule has 1 heterocycles. The molecule has 1 aromatic rings. The van der Waals surface area contributed by atoms with E-state index in [0.717, 1.165) is 11.4 Å². The Morgan fingerprint density at radius 2 is 2.11 bits per heavy atom. The van der Waals surface area contributed by atoms with Crippen molar-refractivity contribution in [1.29, 1.82) is 0 Å². The Hall–Kier alpha value is -1.23. The van der Waals surface area contributed by atoms with Gasteiger partial charge in [0.1, 0.15) is 0 Å². The first-order chi connectivity index (χ1) is 9.00. The zero-order chi connectivity index (χ0) is 13.7. The first-order valence-corrected chi connectivity index (χ1v) is 7.10. The maximum Gasteiger partial charge on any atom is 0.242 e. The number of rotatable bonds is 4. The van der Waals surface area contributed by atoms with E-state index in [1.807, 2.05) is 0 Å². The van der Waals surface area contributed by atoms with Crippen LogP contribution in [0.25, 0.3) is 0 Å². The minimum absolute atomic E-state index is 0.121. The Balaban J connectivity index is 1.92. The molecule has 2 aliphatic carbocycles. The number of nitrogens with one attached hydrogen (secondary N) is 1. The fourth-order valence-corrected chi connectivity index (χ4v) is 3.73. The molecule has 0 amide bonds. The van der Waals surface area contributed by atoms with Gasteiger partial charge in [-0.1, -0.05) is 20.8 Å². The van der Waals surface area contributed by atoms with Crippen molar-refractivity contribution in [3.63, 3.8) is 0 Å². The van der Waals surface area contributed by atoms with Gasteiger partial charge in [0, 0.05) is 24.5 Å². The lowest BCUT2D eigenvalue weighted by Gasteiger charge is -2.33. The van der Waals surface area contributed by atoms with Gasteiger partial charge in [-0.25, -0.2) is 4.98 Å². The molecule has 1 saturated carbocycles. The number of aromatic nitrogens is 3. The van der Waals surface area contributed by atoms with Gasteiger partial charge in [0.25, 0.3) is 0 Å². The maximum atomic E-state index is 8.80. The van der Waals surface area contributed by atoms with Gasteiger partial charge in [0.05, 0.1) is 11.4 Å². The second-order valence-electron chi connectivity index (χ2n) is 6.52. The summed E-state index contributed by atoms with van der Waals surface area (Å²) in [6.45, 7) is 7.82. The van der Waals surface area contributed by atoms with Crippen LogP contribution < -0.4 is 5.32 Å². The second kappa shape index (κ2) is 4.13. The van der Waals surface area contributed by atoms with E-state index in [-0.39, 0.29) is 17.4 Å². The highest BCUT2D eigenvalue weighted by atomic mass is 16.3. The summed E-state index contributed by atoms with van der Waals surface area (Å²) in [6.07, 6.45) is 3.09. The Morgan fingerprint density at radius 3 is 2.84 bits per heavy atom. The van der Waals surface area contributed by atoms with Crippen molar-refractivity contribution in [2.24, 2.45) is 5.41 Å². The summed E-state index contributed by atoms with van der Waals surface area (Å²) in [5.74, 6) is 1.09. The van der Waals surface area contributed by atoms with Crippen molar-refractivity contribution in [3.8, 4) is 0 Å². The van der Waals surface area contributed by atoms with E-state index in [4.69, 9.17) is 10.1 Å². The first-order valence-electron chi connectivity index (χ1n) is 7.10. The van der Waals surface area contributed by atoms with Gasteiger partial charge in [-0.3, -0.25) is 0 Å². The molecule has 2 bridgehead atoms. The fraction of sp³-hybridized carbons (Fsp3) is 0.786. The topological polar surface area (TPSA) is 70.9 Å². The summed E-state index contributed by atoms with van der Waals surface area (Å²) in [7, 11) is 0. The van der Waals surface area contributed by atoms with E-state index in [2.05, 4.69) is 36.3 Å². The lowest BCUT2D eigenvalue weighted by molar-refractivity contribution is 0.227. The lowest BCUT2D eigenvalue weighted by Crippen LogP contribution is -2.32. The van der Waals surface area contributed by atoms with Gasteiger partial charge in [0.2, 0.25) is 5.95 Å². The third-order valence-electron chi connectivity index (χ3n) is 5.41. The summed E-state index contributed by atoms with van der Waals surface area (Å²) >= 11 is 0. The van der Waals surface area contributed by atoms with Gasteiger partial charge >= 0.3 is 0 Å². The van der Waals surface area contributed by atoms with Crippen molar-refractivity contribution >= 4 is 5.95 Å². The minimum Gasteiger partial charge on any atom is -0.396 e. The number of fused-ring (bicyclic) bond motifs is 5. The molecular weight excluding hydrogens is 240 g/mol. The van der Waals surface area contributed by atoms with Crippen LogP contribution in [0, 0.1) is 5.41 Å². The van der Waals surface area contributed by atoms with Crippen LogP contribution in [0.1, 0.15) is 57.3 Å². The van der Waals surface area contributed by atoms with Gasteiger partial charge in [-0.2, -0.15) is 0 Å². The molecule has 2 atom stereocenters. The highest BCUT2D eigenvalue weighted by Gasteiger charge is 2.61. The number of hydrogen-bond donors (Lipinski definition) is 2. The number of anilines is 1. The highest BCUT2D eigenvalue weighted by Crippen LogP contribution is 2.66. The van der Waals surface area contributed by atoms with E-state index in [9.17, 15) is 0 Å². The van der Waals surface area contributed by atoms with Crippen molar-refractivity contribution < 1.29 is 5.11 Å². The Kier molecular flexibility index (Phi) is 2.78. The maximum absolute atomic E-state index is 8.80. The molecule has 0 radical (unpaired) electrons. The Morgan fingerprint density at radius 1 is 1.32 bits per heavy atom. The van der Waals surface area contributed by atoms with Crippen LogP contribution in [0.4, 0.5) is 5.95 Å². The standard InChI is InChI=1S/C14H22N4O/c1-13(2)9-5-6-14(13,3)11-10(9)17-18-12(16-11)15-7-4-8-19/h9,19H,4-8H2,1-3H3,(H,15,16,18)/t9-,14+/m1/s1. The third kappa shape index (κ3) is 1.60. The molecule has 19 heavy (non-hydrogen) atoms. The average Bonchev–Trinajstić information content (AvgIpc) is 2.71. The predicted molar refractivity (Wildman–Crippen MR) is 73.1 cm³/mol. The molecule has 3 rings (SSSR count). The molecular formula is C14H22N4O. The normalized spacial score (nSPS) is 30.4. The van der Waals surface area contributed by atoms with Gasteiger partial charge in [0.15, 0.2) is 0 Å². The van der Waals surface area contributed by atoms with E-state index in [1.54, 1.807) is 0 Å². The molecule has 5 nitrogen and oxygen atoms in total. The van der Waals surface area contributed by atoms with Crippen molar-refractivity contribution in [2.75, 3.05) is 18.5 Å². The second-order valence-corrected chi connectivity index (χ2v) is 6.52.